The molecule has 1 saturated carbocycles. The fourth-order valence-corrected chi connectivity index (χ4v) is 6.02. The summed E-state index contributed by atoms with van der Waals surface area (Å²) in [5, 5.41) is 3.20. The number of halogens is 1. The van der Waals surface area contributed by atoms with Gasteiger partial charge < -0.3 is 19.5 Å². The van der Waals surface area contributed by atoms with Crippen molar-refractivity contribution in [3.8, 4) is 0 Å². The molecule has 4 saturated heterocycles. The van der Waals surface area contributed by atoms with Crippen LogP contribution < -0.4 is 5.32 Å². The SMILES string of the molecule is C[C@@H]1CC[C@@H]2[C@]34OO[C@@](C)(CCC13)O[C@H]4O[C@]2(C)COC(=S)Nc1ccc(F)cc1. The van der Waals surface area contributed by atoms with Gasteiger partial charge in [-0.25, -0.2) is 14.2 Å². The molecule has 4 heterocycles. The number of benzene rings is 1. The Morgan fingerprint density at radius 3 is 2.70 bits per heavy atom. The number of fused-ring (bicyclic) bond motifs is 2. The highest BCUT2D eigenvalue weighted by atomic mass is 32.1. The van der Waals surface area contributed by atoms with Crippen molar-refractivity contribution in [1.82, 2.24) is 0 Å². The number of hydrogen-bond acceptors (Lipinski definition) is 6. The van der Waals surface area contributed by atoms with Gasteiger partial charge in [0, 0.05) is 18.0 Å². The van der Waals surface area contributed by atoms with Gasteiger partial charge in [-0.2, -0.15) is 0 Å². The normalized spacial score (nSPS) is 44.3. The van der Waals surface area contributed by atoms with E-state index in [1.807, 2.05) is 13.8 Å². The molecule has 1 aromatic carbocycles. The van der Waals surface area contributed by atoms with Gasteiger partial charge in [-0.15, -0.1) is 0 Å². The minimum Gasteiger partial charge on any atom is -0.468 e. The Kier molecular flexibility index (Phi) is 4.87. The second kappa shape index (κ2) is 7.10. The van der Waals surface area contributed by atoms with Gasteiger partial charge in [0.25, 0.3) is 5.17 Å². The average molecular weight is 438 g/mol. The molecule has 1 spiro atoms. The Morgan fingerprint density at radius 1 is 1.17 bits per heavy atom. The highest BCUT2D eigenvalue weighted by Gasteiger charge is 2.74. The molecule has 5 fully saturated rings. The van der Waals surface area contributed by atoms with Crippen molar-refractivity contribution >= 4 is 23.1 Å². The maximum atomic E-state index is 13.1. The molecule has 6 rings (SSSR count). The zero-order chi connectivity index (χ0) is 21.1. The third kappa shape index (κ3) is 3.15. The summed E-state index contributed by atoms with van der Waals surface area (Å²) in [4.78, 5) is 11.9. The first-order valence-electron chi connectivity index (χ1n) is 10.7. The molecule has 0 aromatic heterocycles. The molecule has 8 heteroatoms. The summed E-state index contributed by atoms with van der Waals surface area (Å²) in [5.41, 5.74) is -0.595. The summed E-state index contributed by atoms with van der Waals surface area (Å²) in [5.74, 6) is -0.221. The van der Waals surface area contributed by atoms with Crippen molar-refractivity contribution in [2.75, 3.05) is 11.9 Å². The molecule has 164 valence electrons. The summed E-state index contributed by atoms with van der Waals surface area (Å²) in [7, 11) is 0. The van der Waals surface area contributed by atoms with Gasteiger partial charge in [0.2, 0.25) is 5.79 Å². The molecule has 1 aliphatic carbocycles. The number of nitrogens with one attached hydrogen (secondary N) is 1. The van der Waals surface area contributed by atoms with Crippen molar-refractivity contribution in [2.45, 2.75) is 69.7 Å². The molecular weight excluding hydrogens is 409 g/mol. The number of rotatable bonds is 3. The predicted molar refractivity (Wildman–Crippen MR) is 111 cm³/mol. The minimum atomic E-state index is -0.789. The smallest absolute Gasteiger partial charge is 0.261 e. The largest absolute Gasteiger partial charge is 0.468 e. The lowest BCUT2D eigenvalue weighted by molar-refractivity contribution is -0.541. The van der Waals surface area contributed by atoms with Crippen LogP contribution in [-0.4, -0.2) is 35.1 Å². The van der Waals surface area contributed by atoms with Gasteiger partial charge in [-0.3, -0.25) is 0 Å². The van der Waals surface area contributed by atoms with E-state index in [2.05, 4.69) is 12.2 Å². The minimum absolute atomic E-state index is 0.0625. The first-order chi connectivity index (χ1) is 14.2. The Hall–Kier alpha value is -1.32. The van der Waals surface area contributed by atoms with Crippen molar-refractivity contribution in [1.29, 1.82) is 0 Å². The fourth-order valence-electron chi connectivity index (χ4n) is 5.84. The van der Waals surface area contributed by atoms with E-state index in [-0.39, 0.29) is 23.5 Å². The molecule has 1 unspecified atom stereocenters. The van der Waals surface area contributed by atoms with E-state index < -0.39 is 23.3 Å². The quantitative estimate of drug-likeness (QED) is 0.550. The Balaban J connectivity index is 1.34. The van der Waals surface area contributed by atoms with E-state index in [0.717, 1.165) is 25.7 Å². The second-order valence-corrected chi connectivity index (χ2v) is 9.87. The van der Waals surface area contributed by atoms with E-state index in [4.69, 9.17) is 36.2 Å². The highest BCUT2D eigenvalue weighted by Crippen LogP contribution is 2.63. The standard InChI is InChI=1S/C22H28FNO5S/c1-13-4-9-17-20(2,12-25-19(30)24-15-7-5-14(23)6-8-15)26-18-22(17)16(13)10-11-21(3,27-18)28-29-22/h5-8,13,16-18H,4,9-12H2,1-3H3,(H,24,30)/t13-,16?,17+,18-,20-,21+,22-/m1/s1. The van der Waals surface area contributed by atoms with Crippen LogP contribution in [0.3, 0.4) is 0 Å². The molecule has 7 atom stereocenters. The zero-order valence-corrected chi connectivity index (χ0v) is 18.3. The van der Waals surface area contributed by atoms with Gasteiger partial charge in [0.15, 0.2) is 11.9 Å². The lowest BCUT2D eigenvalue weighted by Gasteiger charge is -2.50. The van der Waals surface area contributed by atoms with E-state index in [0.29, 0.717) is 17.5 Å². The van der Waals surface area contributed by atoms with E-state index in [1.54, 1.807) is 12.1 Å². The zero-order valence-electron chi connectivity index (χ0n) is 17.5. The van der Waals surface area contributed by atoms with Crippen LogP contribution in [0, 0.1) is 23.6 Å². The molecule has 5 aliphatic rings. The first-order valence-corrected chi connectivity index (χ1v) is 11.1. The molecule has 6 nitrogen and oxygen atoms in total. The topological polar surface area (TPSA) is 58.2 Å². The molecule has 1 N–H and O–H groups in total. The molecular formula is C22H28FNO5S. The molecule has 2 bridgehead atoms. The Labute approximate surface area is 181 Å². The van der Waals surface area contributed by atoms with E-state index in [9.17, 15) is 4.39 Å². The highest BCUT2D eigenvalue weighted by molar-refractivity contribution is 7.80. The summed E-state index contributed by atoms with van der Waals surface area (Å²) in [6, 6.07) is 5.96. The lowest BCUT2D eigenvalue weighted by Crippen LogP contribution is -2.62. The fraction of sp³-hybridized carbons (Fsp3) is 0.682. The predicted octanol–water partition coefficient (Wildman–Crippen LogP) is 4.54. The second-order valence-electron chi connectivity index (χ2n) is 9.49. The monoisotopic (exact) mass is 437 g/mol. The van der Waals surface area contributed by atoms with E-state index >= 15 is 0 Å². The number of hydrogen-bond donors (Lipinski definition) is 1. The molecule has 0 amide bonds. The van der Waals surface area contributed by atoms with Crippen LogP contribution in [0.25, 0.3) is 0 Å². The molecule has 0 radical (unpaired) electrons. The molecule has 1 aromatic rings. The van der Waals surface area contributed by atoms with Crippen molar-refractivity contribution in [3.05, 3.63) is 30.1 Å². The van der Waals surface area contributed by atoms with Crippen molar-refractivity contribution < 1.29 is 28.4 Å². The lowest BCUT2D eigenvalue weighted by atomic mass is 9.60. The summed E-state index contributed by atoms with van der Waals surface area (Å²) in [6.07, 6.45) is 3.31. The molecule has 4 aliphatic heterocycles. The third-order valence-corrected chi connectivity index (χ3v) is 7.63. The number of ether oxygens (including phenoxy) is 3. The van der Waals surface area contributed by atoms with Gasteiger partial charge >= 0.3 is 0 Å². The van der Waals surface area contributed by atoms with Crippen LogP contribution in [0.5, 0.6) is 0 Å². The van der Waals surface area contributed by atoms with Crippen LogP contribution in [0.15, 0.2) is 24.3 Å². The number of anilines is 1. The van der Waals surface area contributed by atoms with Crippen LogP contribution in [0.4, 0.5) is 10.1 Å². The van der Waals surface area contributed by atoms with E-state index in [1.165, 1.54) is 12.1 Å². The third-order valence-electron chi connectivity index (χ3n) is 7.41. The van der Waals surface area contributed by atoms with Gasteiger partial charge in [0.05, 0.1) is 0 Å². The van der Waals surface area contributed by atoms with Crippen molar-refractivity contribution in [3.63, 3.8) is 0 Å². The average Bonchev–Trinajstić information content (AvgIpc) is 2.79. The number of thiocarbonyl (C=S) groups is 1. The summed E-state index contributed by atoms with van der Waals surface area (Å²) >= 11 is 5.35. The maximum Gasteiger partial charge on any atom is 0.261 e. The maximum absolute atomic E-state index is 13.1. The van der Waals surface area contributed by atoms with Gasteiger partial charge in [-0.05, 0) is 81.4 Å². The Morgan fingerprint density at radius 2 is 1.93 bits per heavy atom. The first kappa shape index (κ1) is 20.6. The van der Waals surface area contributed by atoms with Crippen LogP contribution >= 0.6 is 12.2 Å². The summed E-state index contributed by atoms with van der Waals surface area (Å²) in [6.45, 7) is 6.49. The van der Waals surface area contributed by atoms with Crippen molar-refractivity contribution in [2.24, 2.45) is 17.8 Å². The summed E-state index contributed by atoms with van der Waals surface area (Å²) < 4.78 is 31.8. The Bertz CT molecular complexity index is 839. The molecule has 30 heavy (non-hydrogen) atoms. The van der Waals surface area contributed by atoms with Crippen LogP contribution in [-0.2, 0) is 24.0 Å². The van der Waals surface area contributed by atoms with Crippen LogP contribution in [0.1, 0.15) is 46.5 Å². The van der Waals surface area contributed by atoms with Gasteiger partial charge in [0.1, 0.15) is 18.0 Å². The van der Waals surface area contributed by atoms with Crippen LogP contribution in [0.2, 0.25) is 0 Å². The van der Waals surface area contributed by atoms with Gasteiger partial charge in [-0.1, -0.05) is 6.92 Å².